The van der Waals surface area contributed by atoms with E-state index >= 15 is 0 Å². The maximum absolute atomic E-state index is 5.59. The Morgan fingerprint density at radius 1 is 0.609 bits per heavy atom. The normalized spacial score (nSPS) is 17.1. The fourth-order valence-corrected chi connectivity index (χ4v) is 7.28. The molecule has 0 N–H and O–H groups in total. The van der Waals surface area contributed by atoms with Crippen molar-refractivity contribution < 1.29 is 9.47 Å². The summed E-state index contributed by atoms with van der Waals surface area (Å²) in [5, 5.41) is 0. The second kappa shape index (κ2) is 17.3. The lowest BCUT2D eigenvalue weighted by molar-refractivity contribution is 0.170. The summed E-state index contributed by atoms with van der Waals surface area (Å²) in [6.45, 7) is 8.81. The van der Waals surface area contributed by atoms with Gasteiger partial charge < -0.3 is 9.47 Å². The van der Waals surface area contributed by atoms with E-state index in [9.17, 15) is 0 Å². The minimum atomic E-state index is 0.590. The molecule has 0 aliphatic heterocycles. The van der Waals surface area contributed by atoms with Gasteiger partial charge in [0.1, 0.15) is 11.5 Å². The van der Waals surface area contributed by atoms with Crippen molar-refractivity contribution in [3.05, 3.63) is 119 Å². The summed E-state index contributed by atoms with van der Waals surface area (Å²) in [6, 6.07) is 22.6. The first-order chi connectivity index (χ1) is 22.6. The Balaban J connectivity index is 0.000000181. The Bertz CT molecular complexity index is 1340. The zero-order chi connectivity index (χ0) is 32.1. The summed E-state index contributed by atoms with van der Waals surface area (Å²) in [4.78, 5) is 13.5. The maximum atomic E-state index is 5.59. The second-order valence-corrected chi connectivity index (χ2v) is 12.6. The molecular weight excluding hydrogens is 568 g/mol. The van der Waals surface area contributed by atoms with Crippen molar-refractivity contribution in [2.75, 3.05) is 27.3 Å². The van der Waals surface area contributed by atoms with Gasteiger partial charge in [-0.25, -0.2) is 0 Å². The highest BCUT2D eigenvalue weighted by Crippen LogP contribution is 2.33. The predicted octanol–water partition coefficient (Wildman–Crippen LogP) is 7.72. The van der Waals surface area contributed by atoms with Crippen LogP contribution in [0.25, 0.3) is 0 Å². The molecule has 2 aliphatic carbocycles. The smallest absolute Gasteiger partial charge is 0.122 e. The minimum absolute atomic E-state index is 0.590. The Morgan fingerprint density at radius 3 is 1.39 bits per heavy atom. The molecule has 0 spiro atoms. The SMILES string of the molecule is CCCN(Cc1ccncc1)C1CCc2cccc(OC)c2C1.CCCN(Cc1ccncc1)[C@@H]1CCc2cccc(OC)c2C1. The van der Waals surface area contributed by atoms with Gasteiger partial charge in [-0.3, -0.25) is 19.8 Å². The highest BCUT2D eigenvalue weighted by Gasteiger charge is 2.27. The van der Waals surface area contributed by atoms with Crippen LogP contribution in [0.1, 0.15) is 72.9 Å². The molecule has 0 amide bonds. The van der Waals surface area contributed by atoms with Crippen LogP contribution in [0.3, 0.4) is 0 Å². The van der Waals surface area contributed by atoms with Crippen LogP contribution in [0.2, 0.25) is 0 Å². The summed E-state index contributed by atoms with van der Waals surface area (Å²) in [5.41, 5.74) is 8.42. The number of methoxy groups -OCH3 is 2. The number of fused-ring (bicyclic) bond motifs is 2. The van der Waals surface area contributed by atoms with E-state index in [-0.39, 0.29) is 0 Å². The van der Waals surface area contributed by atoms with Crippen LogP contribution in [0, 0.1) is 0 Å². The van der Waals surface area contributed by atoms with Crippen LogP contribution in [0.4, 0.5) is 0 Å². The lowest BCUT2D eigenvalue weighted by atomic mass is 9.86. The van der Waals surface area contributed by atoms with Gasteiger partial charge in [-0.15, -0.1) is 0 Å². The van der Waals surface area contributed by atoms with Crippen LogP contribution < -0.4 is 9.47 Å². The van der Waals surface area contributed by atoms with Gasteiger partial charge in [0.15, 0.2) is 0 Å². The average molecular weight is 621 g/mol. The molecule has 0 saturated heterocycles. The van der Waals surface area contributed by atoms with Crippen LogP contribution in [-0.4, -0.2) is 59.2 Å². The summed E-state index contributed by atoms with van der Waals surface area (Å²) >= 11 is 0. The van der Waals surface area contributed by atoms with Gasteiger partial charge >= 0.3 is 0 Å². The Morgan fingerprint density at radius 2 is 1.02 bits per heavy atom. The summed E-state index contributed by atoms with van der Waals surface area (Å²) in [6.07, 6.45) is 16.8. The van der Waals surface area contributed by atoms with Crippen molar-refractivity contribution in [3.8, 4) is 11.5 Å². The third-order valence-corrected chi connectivity index (χ3v) is 9.60. The van der Waals surface area contributed by atoms with E-state index in [1.807, 2.05) is 24.8 Å². The number of pyridine rings is 2. The van der Waals surface area contributed by atoms with Crippen LogP contribution in [0.5, 0.6) is 11.5 Å². The van der Waals surface area contributed by atoms with Gasteiger partial charge in [0, 0.05) is 50.0 Å². The fraction of sp³-hybridized carbons (Fsp3) is 0.450. The zero-order valence-corrected chi connectivity index (χ0v) is 28.3. The number of aryl methyl sites for hydroxylation is 2. The second-order valence-electron chi connectivity index (χ2n) is 12.6. The van der Waals surface area contributed by atoms with Crippen molar-refractivity contribution in [1.82, 2.24) is 19.8 Å². The largest absolute Gasteiger partial charge is 0.496 e. The van der Waals surface area contributed by atoms with Gasteiger partial charge in [0.05, 0.1) is 14.2 Å². The van der Waals surface area contributed by atoms with Gasteiger partial charge in [0.2, 0.25) is 0 Å². The molecule has 2 aliphatic rings. The van der Waals surface area contributed by atoms with Gasteiger partial charge in [-0.05, 0) is 134 Å². The third-order valence-electron chi connectivity index (χ3n) is 9.60. The first kappa shape index (κ1) is 33.6. The topological polar surface area (TPSA) is 50.7 Å². The molecule has 6 nitrogen and oxygen atoms in total. The van der Waals surface area contributed by atoms with Crippen LogP contribution in [-0.2, 0) is 38.8 Å². The molecule has 46 heavy (non-hydrogen) atoms. The maximum Gasteiger partial charge on any atom is 0.122 e. The molecule has 6 rings (SSSR count). The van der Waals surface area contributed by atoms with Crippen molar-refractivity contribution >= 4 is 0 Å². The molecule has 0 bridgehead atoms. The number of hydrogen-bond donors (Lipinski definition) is 0. The van der Waals surface area contributed by atoms with E-state index in [0.29, 0.717) is 12.1 Å². The predicted molar refractivity (Wildman–Crippen MR) is 187 cm³/mol. The molecule has 2 atom stereocenters. The van der Waals surface area contributed by atoms with Crippen molar-refractivity contribution in [3.63, 3.8) is 0 Å². The lowest BCUT2D eigenvalue weighted by Crippen LogP contribution is -2.39. The highest BCUT2D eigenvalue weighted by molar-refractivity contribution is 5.43. The van der Waals surface area contributed by atoms with Crippen molar-refractivity contribution in [2.24, 2.45) is 0 Å². The fourth-order valence-electron chi connectivity index (χ4n) is 7.28. The van der Waals surface area contributed by atoms with E-state index in [4.69, 9.17) is 9.47 Å². The Kier molecular flexibility index (Phi) is 12.6. The highest BCUT2D eigenvalue weighted by atomic mass is 16.5. The number of nitrogens with zero attached hydrogens (tertiary/aromatic N) is 4. The monoisotopic (exact) mass is 620 g/mol. The van der Waals surface area contributed by atoms with E-state index < -0.39 is 0 Å². The first-order valence-corrected chi connectivity index (χ1v) is 17.2. The molecule has 2 aromatic carbocycles. The molecule has 0 fully saturated rings. The summed E-state index contributed by atoms with van der Waals surface area (Å²) < 4.78 is 11.2. The average Bonchev–Trinajstić information content (AvgIpc) is 3.11. The zero-order valence-electron chi connectivity index (χ0n) is 28.3. The lowest BCUT2D eigenvalue weighted by Gasteiger charge is -2.35. The third kappa shape index (κ3) is 8.74. The van der Waals surface area contributed by atoms with Gasteiger partial charge in [-0.2, -0.15) is 0 Å². The molecule has 6 heteroatoms. The van der Waals surface area contributed by atoms with Crippen molar-refractivity contribution in [1.29, 1.82) is 0 Å². The standard InChI is InChI=1S/2C20H26N2O/c2*1-3-13-22(15-16-9-11-21-12-10-16)18-8-7-17-5-4-6-20(23-2)19(17)14-18/h2*4-6,9-12,18H,3,7-8,13-15H2,1-2H3/t18-;/m1./s1. The quantitative estimate of drug-likeness (QED) is 0.162. The van der Waals surface area contributed by atoms with Crippen LogP contribution >= 0.6 is 0 Å². The molecule has 2 aromatic heterocycles. The Labute approximate surface area is 276 Å². The van der Waals surface area contributed by atoms with Crippen LogP contribution in [0.15, 0.2) is 85.5 Å². The number of aromatic nitrogens is 2. The van der Waals surface area contributed by atoms with E-state index in [0.717, 1.165) is 63.4 Å². The molecule has 1 unspecified atom stereocenters. The first-order valence-electron chi connectivity index (χ1n) is 17.2. The summed E-state index contributed by atoms with van der Waals surface area (Å²) in [7, 11) is 3.56. The molecule has 4 aromatic rings. The number of ether oxygens (including phenoxy) is 2. The molecular formula is C40H52N4O2. The molecule has 244 valence electrons. The number of benzene rings is 2. The molecule has 0 saturated carbocycles. The van der Waals surface area contributed by atoms with Gasteiger partial charge in [0.25, 0.3) is 0 Å². The molecule has 2 heterocycles. The van der Waals surface area contributed by atoms with E-state index in [1.165, 1.54) is 59.1 Å². The van der Waals surface area contributed by atoms with E-state index in [2.05, 4.69) is 94.3 Å². The molecule has 0 radical (unpaired) electrons. The number of hydrogen-bond acceptors (Lipinski definition) is 6. The summed E-state index contributed by atoms with van der Waals surface area (Å²) in [5.74, 6) is 2.10. The van der Waals surface area contributed by atoms with Crippen molar-refractivity contribution in [2.45, 2.75) is 90.4 Å². The van der Waals surface area contributed by atoms with Gasteiger partial charge in [-0.1, -0.05) is 38.1 Å². The minimum Gasteiger partial charge on any atom is -0.496 e. The van der Waals surface area contributed by atoms with E-state index in [1.54, 1.807) is 14.2 Å². The Hall–Kier alpha value is -3.74. The number of rotatable bonds is 12.